The molecule has 0 radical (unpaired) electrons. The average molecular weight is 296 g/mol. The number of phenols is 1. The highest BCUT2D eigenvalue weighted by Crippen LogP contribution is 2.43. The van der Waals surface area contributed by atoms with Gasteiger partial charge in [-0.25, -0.2) is 4.39 Å². The number of benzene rings is 1. The number of rotatable bonds is 3. The summed E-state index contributed by atoms with van der Waals surface area (Å²) in [5.41, 5.74) is 0.544. The van der Waals surface area contributed by atoms with Crippen molar-refractivity contribution < 1.29 is 13.9 Å². The van der Waals surface area contributed by atoms with Crippen molar-refractivity contribution in [3.8, 4) is 5.75 Å². The molecule has 0 unspecified atom stereocenters. The highest BCUT2D eigenvalue weighted by atomic mass is 19.2. The van der Waals surface area contributed by atoms with E-state index in [9.17, 15) is 13.9 Å². The quantitative estimate of drug-likeness (QED) is 0.900. The van der Waals surface area contributed by atoms with E-state index in [1.54, 1.807) is 6.07 Å². The second kappa shape index (κ2) is 6.28. The van der Waals surface area contributed by atoms with Crippen LogP contribution in [-0.2, 0) is 0 Å². The fourth-order valence-electron chi connectivity index (χ4n) is 3.78. The van der Waals surface area contributed by atoms with E-state index >= 15 is 0 Å². The molecule has 1 saturated carbocycles. The van der Waals surface area contributed by atoms with Crippen LogP contribution in [0.1, 0.15) is 37.3 Å². The number of piperazine rings is 1. The first-order valence-corrected chi connectivity index (χ1v) is 7.80. The SMILES string of the molecule is Oc1c([C@@H](C2CCCC2)N2CCNCC2)ccc(F)c1F. The average Bonchev–Trinajstić information content (AvgIpc) is 3.03. The van der Waals surface area contributed by atoms with Crippen LogP contribution in [0.4, 0.5) is 8.78 Å². The molecule has 1 aliphatic carbocycles. The summed E-state index contributed by atoms with van der Waals surface area (Å²) < 4.78 is 27.0. The lowest BCUT2D eigenvalue weighted by atomic mass is 9.89. The third-order valence-corrected chi connectivity index (χ3v) is 4.81. The van der Waals surface area contributed by atoms with E-state index in [0.29, 0.717) is 11.5 Å². The van der Waals surface area contributed by atoms with Gasteiger partial charge in [0.05, 0.1) is 0 Å². The Balaban J connectivity index is 1.96. The van der Waals surface area contributed by atoms with Crippen LogP contribution in [0, 0.1) is 17.6 Å². The molecule has 1 aromatic carbocycles. The molecule has 1 saturated heterocycles. The van der Waals surface area contributed by atoms with Gasteiger partial charge in [0.15, 0.2) is 11.6 Å². The maximum Gasteiger partial charge on any atom is 0.200 e. The fraction of sp³-hybridized carbons (Fsp3) is 0.625. The molecule has 5 heteroatoms. The largest absolute Gasteiger partial charge is 0.505 e. The lowest BCUT2D eigenvalue weighted by Gasteiger charge is -2.38. The van der Waals surface area contributed by atoms with E-state index < -0.39 is 17.4 Å². The minimum absolute atomic E-state index is 0.00954. The molecule has 1 aromatic rings. The topological polar surface area (TPSA) is 35.5 Å². The van der Waals surface area contributed by atoms with Gasteiger partial charge in [-0.15, -0.1) is 0 Å². The Bertz CT molecular complexity index is 497. The summed E-state index contributed by atoms with van der Waals surface area (Å²) >= 11 is 0. The van der Waals surface area contributed by atoms with Gasteiger partial charge in [-0.05, 0) is 24.8 Å². The fourth-order valence-corrected chi connectivity index (χ4v) is 3.78. The van der Waals surface area contributed by atoms with Gasteiger partial charge in [-0.3, -0.25) is 4.90 Å². The molecule has 2 N–H and O–H groups in total. The summed E-state index contributed by atoms with van der Waals surface area (Å²) in [4.78, 5) is 2.30. The standard InChI is InChI=1S/C16H22F2N2O/c17-13-6-5-12(16(21)14(13)18)15(11-3-1-2-4-11)20-9-7-19-8-10-20/h5-6,11,15,19,21H,1-4,7-10H2/t15-/m1/s1. The zero-order valence-corrected chi connectivity index (χ0v) is 12.1. The number of halogens is 2. The molecule has 1 atom stereocenters. The van der Waals surface area contributed by atoms with E-state index in [1.165, 1.54) is 12.8 Å². The molecule has 3 nitrogen and oxygen atoms in total. The van der Waals surface area contributed by atoms with Gasteiger partial charge in [-0.1, -0.05) is 18.9 Å². The summed E-state index contributed by atoms with van der Waals surface area (Å²) in [6.07, 6.45) is 4.54. The minimum Gasteiger partial charge on any atom is -0.505 e. The number of phenolic OH excluding ortho intramolecular Hbond substituents is 1. The number of aromatic hydroxyl groups is 1. The van der Waals surface area contributed by atoms with Crippen molar-refractivity contribution in [3.05, 3.63) is 29.3 Å². The Kier molecular flexibility index (Phi) is 4.40. The molecule has 3 rings (SSSR count). The molecule has 2 aliphatic rings. The van der Waals surface area contributed by atoms with Crippen molar-refractivity contribution in [2.24, 2.45) is 5.92 Å². The van der Waals surface area contributed by atoms with E-state index in [0.717, 1.165) is 45.1 Å². The van der Waals surface area contributed by atoms with Gasteiger partial charge in [0, 0.05) is 37.8 Å². The second-order valence-electron chi connectivity index (χ2n) is 6.07. The molecule has 1 aliphatic heterocycles. The molecule has 116 valence electrons. The van der Waals surface area contributed by atoms with Crippen molar-refractivity contribution in [2.45, 2.75) is 31.7 Å². The van der Waals surface area contributed by atoms with Gasteiger partial charge in [0.1, 0.15) is 0 Å². The molecule has 1 heterocycles. The van der Waals surface area contributed by atoms with Crippen LogP contribution in [0.25, 0.3) is 0 Å². The van der Waals surface area contributed by atoms with Crippen LogP contribution in [0.15, 0.2) is 12.1 Å². The van der Waals surface area contributed by atoms with Crippen LogP contribution in [0.2, 0.25) is 0 Å². The van der Waals surface area contributed by atoms with Crippen molar-refractivity contribution in [1.82, 2.24) is 10.2 Å². The number of nitrogens with zero attached hydrogens (tertiary/aromatic N) is 1. The van der Waals surface area contributed by atoms with Crippen molar-refractivity contribution in [1.29, 1.82) is 0 Å². The van der Waals surface area contributed by atoms with E-state index in [1.807, 2.05) is 0 Å². The van der Waals surface area contributed by atoms with Crippen LogP contribution < -0.4 is 5.32 Å². The van der Waals surface area contributed by atoms with E-state index in [4.69, 9.17) is 0 Å². The zero-order valence-electron chi connectivity index (χ0n) is 12.1. The molecule has 0 aromatic heterocycles. The first-order valence-electron chi connectivity index (χ1n) is 7.80. The molecule has 0 bridgehead atoms. The summed E-state index contributed by atoms with van der Waals surface area (Å²) in [5.74, 6) is -2.20. The van der Waals surface area contributed by atoms with Crippen molar-refractivity contribution in [2.75, 3.05) is 26.2 Å². The Morgan fingerprint density at radius 3 is 2.48 bits per heavy atom. The molecular formula is C16H22F2N2O. The molecular weight excluding hydrogens is 274 g/mol. The molecule has 0 spiro atoms. The predicted molar refractivity (Wildman–Crippen MR) is 77.2 cm³/mol. The van der Waals surface area contributed by atoms with E-state index in [-0.39, 0.29) is 6.04 Å². The summed E-state index contributed by atoms with van der Waals surface area (Å²) in [7, 11) is 0. The number of hydrogen-bond donors (Lipinski definition) is 2. The van der Waals surface area contributed by atoms with Crippen molar-refractivity contribution >= 4 is 0 Å². The second-order valence-corrected chi connectivity index (χ2v) is 6.07. The summed E-state index contributed by atoms with van der Waals surface area (Å²) in [6.45, 7) is 3.54. The molecule has 0 amide bonds. The summed E-state index contributed by atoms with van der Waals surface area (Å²) in [6, 6.07) is 2.68. The van der Waals surface area contributed by atoms with Crippen LogP contribution >= 0.6 is 0 Å². The zero-order chi connectivity index (χ0) is 14.8. The first-order chi connectivity index (χ1) is 10.2. The first kappa shape index (κ1) is 14.7. The maximum atomic E-state index is 13.7. The normalized spacial score (nSPS) is 22.6. The lowest BCUT2D eigenvalue weighted by molar-refractivity contribution is 0.122. The van der Waals surface area contributed by atoms with Crippen molar-refractivity contribution in [3.63, 3.8) is 0 Å². The Labute approximate surface area is 124 Å². The van der Waals surface area contributed by atoms with Gasteiger partial charge >= 0.3 is 0 Å². The monoisotopic (exact) mass is 296 g/mol. The van der Waals surface area contributed by atoms with Gasteiger partial charge in [-0.2, -0.15) is 4.39 Å². The van der Waals surface area contributed by atoms with Gasteiger partial charge in [0.2, 0.25) is 5.82 Å². The highest BCUT2D eigenvalue weighted by Gasteiger charge is 2.34. The van der Waals surface area contributed by atoms with Gasteiger partial charge in [0.25, 0.3) is 0 Å². The third kappa shape index (κ3) is 2.90. The number of nitrogens with one attached hydrogen (secondary N) is 1. The van der Waals surface area contributed by atoms with Crippen LogP contribution in [0.3, 0.4) is 0 Å². The van der Waals surface area contributed by atoms with Crippen LogP contribution in [0.5, 0.6) is 5.75 Å². The Morgan fingerprint density at radius 1 is 1.14 bits per heavy atom. The maximum absolute atomic E-state index is 13.7. The Hall–Kier alpha value is -1.20. The molecule has 2 fully saturated rings. The highest BCUT2D eigenvalue weighted by molar-refractivity contribution is 5.37. The number of hydrogen-bond acceptors (Lipinski definition) is 3. The Morgan fingerprint density at radius 2 is 1.81 bits per heavy atom. The summed E-state index contributed by atoms with van der Waals surface area (Å²) in [5, 5.41) is 13.4. The minimum atomic E-state index is -1.12. The van der Waals surface area contributed by atoms with Crippen LogP contribution in [-0.4, -0.2) is 36.2 Å². The lowest BCUT2D eigenvalue weighted by Crippen LogP contribution is -2.46. The van der Waals surface area contributed by atoms with E-state index in [2.05, 4.69) is 10.2 Å². The smallest absolute Gasteiger partial charge is 0.200 e. The molecule has 21 heavy (non-hydrogen) atoms. The third-order valence-electron chi connectivity index (χ3n) is 4.81. The predicted octanol–water partition coefficient (Wildman–Crippen LogP) is 2.81. The van der Waals surface area contributed by atoms with Gasteiger partial charge < -0.3 is 10.4 Å².